The minimum atomic E-state index is -0.338. The van der Waals surface area contributed by atoms with Crippen LogP contribution in [0.15, 0.2) is 0 Å². The van der Waals surface area contributed by atoms with Crippen LogP contribution in [0.4, 0.5) is 0 Å². The molecule has 6 aliphatic rings. The maximum atomic E-state index is 11.6. The first-order valence-electron chi connectivity index (χ1n) is 15.9. The summed E-state index contributed by atoms with van der Waals surface area (Å²) < 4.78 is 5.68. The van der Waals surface area contributed by atoms with Gasteiger partial charge in [0, 0.05) is 30.9 Å². The van der Waals surface area contributed by atoms with Crippen LogP contribution in [0.5, 0.6) is 0 Å². The molecule has 0 radical (unpaired) electrons. The third kappa shape index (κ3) is 4.08. The van der Waals surface area contributed by atoms with E-state index in [1.165, 1.54) is 57.8 Å². The van der Waals surface area contributed by atoms with Crippen molar-refractivity contribution in [3.8, 4) is 6.07 Å². The molecular formula is C32H50N2O4. The molecule has 0 amide bonds. The van der Waals surface area contributed by atoms with Gasteiger partial charge in [0.2, 0.25) is 0 Å². The highest BCUT2D eigenvalue weighted by Crippen LogP contribution is 2.70. The molecule has 1 saturated heterocycles. The summed E-state index contributed by atoms with van der Waals surface area (Å²) in [4.78, 5) is 18.8. The molecule has 6 fully saturated rings. The fourth-order valence-electron chi connectivity index (χ4n) is 11.1. The predicted molar refractivity (Wildman–Crippen MR) is 144 cm³/mol. The monoisotopic (exact) mass is 526 g/mol. The molecule has 6 nitrogen and oxygen atoms in total. The number of fused-ring (bicyclic) bond motifs is 6. The van der Waals surface area contributed by atoms with Gasteiger partial charge in [-0.2, -0.15) is 10.3 Å². The number of carbonyl (C=O) groups is 1. The highest BCUT2D eigenvalue weighted by molar-refractivity contribution is 5.66. The summed E-state index contributed by atoms with van der Waals surface area (Å²) in [6, 6.07) is 2.52. The number of hydrogen-bond acceptors (Lipinski definition) is 6. The minimum absolute atomic E-state index is 0.0335. The highest BCUT2D eigenvalue weighted by Gasteiger charge is 2.68. The number of nitrogens with zero attached hydrogens (tertiary/aromatic N) is 2. The van der Waals surface area contributed by atoms with Crippen LogP contribution in [0.3, 0.4) is 0 Å². The Hall–Kier alpha value is -1.16. The second-order valence-electron chi connectivity index (χ2n) is 14.6. The summed E-state index contributed by atoms with van der Waals surface area (Å²) >= 11 is 0. The van der Waals surface area contributed by atoms with Crippen LogP contribution >= 0.6 is 0 Å². The van der Waals surface area contributed by atoms with Crippen LogP contribution in [0.2, 0.25) is 0 Å². The Bertz CT molecular complexity index is 944. The van der Waals surface area contributed by atoms with Gasteiger partial charge in [-0.05, 0) is 106 Å². The Labute approximate surface area is 229 Å². The normalized spacial score (nSPS) is 49.5. The lowest BCUT2D eigenvalue weighted by atomic mass is 9.44. The van der Waals surface area contributed by atoms with Crippen LogP contribution in [0.25, 0.3) is 0 Å². The van der Waals surface area contributed by atoms with Gasteiger partial charge in [-0.25, -0.2) is 0 Å². The van der Waals surface area contributed by atoms with E-state index in [0.717, 1.165) is 50.4 Å². The number of aliphatic hydroxyl groups excluding tert-OH is 1. The van der Waals surface area contributed by atoms with E-state index < -0.39 is 0 Å². The van der Waals surface area contributed by atoms with Crippen LogP contribution in [-0.2, 0) is 14.4 Å². The standard InChI is InChI=1S/C32H50N2O4/c1-21(36)37-25-11-14-30(2)23(17-25)9-10-26-27(30)12-15-31(3)28(26)13-16-32(31)18-22(20-35)29(19-33)34(38-32)24-7-5-4-6-8-24/h22-29,35H,4-18,20H2,1-3H3. The average Bonchev–Trinajstić information content (AvgIpc) is 3.19. The van der Waals surface area contributed by atoms with Crippen LogP contribution in [-0.4, -0.2) is 46.5 Å². The van der Waals surface area contributed by atoms with Crippen LogP contribution in [0.1, 0.15) is 117 Å². The van der Waals surface area contributed by atoms with Gasteiger partial charge in [-0.1, -0.05) is 33.1 Å². The quantitative estimate of drug-likeness (QED) is 0.443. The molecular weight excluding hydrogens is 476 g/mol. The van der Waals surface area contributed by atoms with E-state index in [1.54, 1.807) is 6.92 Å². The lowest BCUT2D eigenvalue weighted by Gasteiger charge is -2.63. The van der Waals surface area contributed by atoms with Gasteiger partial charge < -0.3 is 9.84 Å². The molecule has 1 spiro atoms. The fourth-order valence-corrected chi connectivity index (χ4v) is 11.1. The molecule has 5 saturated carbocycles. The SMILES string of the molecule is CC(=O)OC1CCC2(C)C(CCC3C2CCC2(C)C3CCC23CC(CO)C(C#N)N(C2CCCCC2)O3)C1. The number of hydroxylamine groups is 2. The molecule has 10 unspecified atom stereocenters. The number of hydrogen-bond donors (Lipinski definition) is 1. The third-order valence-corrected chi connectivity index (χ3v) is 13.1. The van der Waals surface area contributed by atoms with Crippen molar-refractivity contribution in [2.45, 2.75) is 141 Å². The molecule has 6 rings (SSSR count). The Morgan fingerprint density at radius 1 is 1.03 bits per heavy atom. The lowest BCUT2D eigenvalue weighted by Crippen LogP contribution is -2.64. The molecule has 38 heavy (non-hydrogen) atoms. The molecule has 6 heteroatoms. The highest BCUT2D eigenvalue weighted by atomic mass is 16.7. The van der Waals surface area contributed by atoms with E-state index in [-0.39, 0.29) is 41.7 Å². The average molecular weight is 527 g/mol. The second kappa shape index (κ2) is 10.0. The third-order valence-electron chi connectivity index (χ3n) is 13.1. The Morgan fingerprint density at radius 3 is 2.50 bits per heavy atom. The Morgan fingerprint density at radius 2 is 1.79 bits per heavy atom. The number of nitriles is 1. The van der Waals surface area contributed by atoms with Crippen molar-refractivity contribution in [2.24, 2.45) is 40.4 Å². The van der Waals surface area contributed by atoms with E-state index in [0.29, 0.717) is 23.3 Å². The maximum absolute atomic E-state index is 11.6. The van der Waals surface area contributed by atoms with Gasteiger partial charge in [0.15, 0.2) is 0 Å². The number of carbonyl (C=O) groups excluding carboxylic acids is 1. The van der Waals surface area contributed by atoms with E-state index >= 15 is 0 Å². The van der Waals surface area contributed by atoms with E-state index in [1.807, 2.05) is 0 Å². The van der Waals surface area contributed by atoms with Crippen LogP contribution in [0, 0.1) is 51.8 Å². The fraction of sp³-hybridized carbons (Fsp3) is 0.938. The predicted octanol–water partition coefficient (Wildman–Crippen LogP) is 6.17. The van der Waals surface area contributed by atoms with Crippen molar-refractivity contribution in [2.75, 3.05) is 6.61 Å². The van der Waals surface area contributed by atoms with Gasteiger partial charge in [-0.3, -0.25) is 9.63 Å². The summed E-state index contributed by atoms with van der Waals surface area (Å²) in [5.74, 6) is 2.61. The zero-order chi connectivity index (χ0) is 26.7. The van der Waals surface area contributed by atoms with Crippen molar-refractivity contribution < 1.29 is 19.5 Å². The molecule has 0 aromatic carbocycles. The number of esters is 1. The smallest absolute Gasteiger partial charge is 0.302 e. The Kier molecular flexibility index (Phi) is 7.14. The molecule has 1 N–H and O–H groups in total. The van der Waals surface area contributed by atoms with E-state index in [2.05, 4.69) is 25.0 Å². The zero-order valence-electron chi connectivity index (χ0n) is 24.0. The van der Waals surface area contributed by atoms with Gasteiger partial charge in [0.25, 0.3) is 0 Å². The van der Waals surface area contributed by atoms with E-state index in [4.69, 9.17) is 9.57 Å². The maximum Gasteiger partial charge on any atom is 0.302 e. The van der Waals surface area contributed by atoms with Crippen molar-refractivity contribution >= 4 is 5.97 Å². The number of ether oxygens (including phenoxy) is 1. The molecule has 0 bridgehead atoms. The molecule has 212 valence electrons. The first-order valence-corrected chi connectivity index (χ1v) is 15.9. The van der Waals surface area contributed by atoms with Gasteiger partial charge in [0.1, 0.15) is 12.1 Å². The van der Waals surface area contributed by atoms with Crippen molar-refractivity contribution in [3.63, 3.8) is 0 Å². The first-order chi connectivity index (χ1) is 18.2. The van der Waals surface area contributed by atoms with Gasteiger partial charge in [-0.15, -0.1) is 0 Å². The lowest BCUT2D eigenvalue weighted by molar-refractivity contribution is -0.351. The zero-order valence-corrected chi connectivity index (χ0v) is 24.0. The summed E-state index contributed by atoms with van der Waals surface area (Å²) in [6.45, 7) is 6.70. The molecule has 0 aromatic rings. The van der Waals surface area contributed by atoms with E-state index in [9.17, 15) is 15.2 Å². The largest absolute Gasteiger partial charge is 0.463 e. The molecule has 1 heterocycles. The summed E-state index contributed by atoms with van der Waals surface area (Å²) in [5, 5.41) is 22.8. The molecule has 5 aliphatic carbocycles. The molecule has 1 aliphatic heterocycles. The minimum Gasteiger partial charge on any atom is -0.463 e. The van der Waals surface area contributed by atoms with Crippen molar-refractivity contribution in [1.82, 2.24) is 5.06 Å². The van der Waals surface area contributed by atoms with Gasteiger partial charge >= 0.3 is 5.97 Å². The van der Waals surface area contributed by atoms with Crippen molar-refractivity contribution in [1.29, 1.82) is 5.26 Å². The molecule has 0 aromatic heterocycles. The summed E-state index contributed by atoms with van der Waals surface area (Å²) in [7, 11) is 0. The first kappa shape index (κ1) is 27.0. The summed E-state index contributed by atoms with van der Waals surface area (Å²) in [6.07, 6.45) is 17.3. The van der Waals surface area contributed by atoms with Crippen LogP contribution < -0.4 is 0 Å². The second-order valence-corrected chi connectivity index (χ2v) is 14.6. The van der Waals surface area contributed by atoms with Crippen molar-refractivity contribution in [3.05, 3.63) is 0 Å². The molecule has 10 atom stereocenters. The van der Waals surface area contributed by atoms with Gasteiger partial charge in [0.05, 0.1) is 11.7 Å². The number of rotatable bonds is 3. The topological polar surface area (TPSA) is 82.8 Å². The Balaban J connectivity index is 1.25. The summed E-state index contributed by atoms with van der Waals surface area (Å²) in [5.41, 5.74) is 0.177. The number of aliphatic hydroxyl groups is 1.